The van der Waals surface area contributed by atoms with Crippen molar-refractivity contribution in [3.05, 3.63) is 56.8 Å². The lowest BCUT2D eigenvalue weighted by molar-refractivity contribution is -0.129. The van der Waals surface area contributed by atoms with E-state index >= 15 is 0 Å². The number of esters is 1. The van der Waals surface area contributed by atoms with E-state index in [1.807, 2.05) is 24.3 Å². The summed E-state index contributed by atoms with van der Waals surface area (Å²) >= 11 is 2.21. The van der Waals surface area contributed by atoms with Crippen LogP contribution in [-0.4, -0.2) is 33.2 Å². The van der Waals surface area contributed by atoms with Gasteiger partial charge in [0.1, 0.15) is 0 Å². The van der Waals surface area contributed by atoms with E-state index in [2.05, 4.69) is 27.6 Å². The molecule has 0 saturated heterocycles. The van der Waals surface area contributed by atoms with Crippen LogP contribution in [0.3, 0.4) is 0 Å². The van der Waals surface area contributed by atoms with Crippen LogP contribution in [0.1, 0.15) is 11.1 Å². The topological polar surface area (TPSA) is 66.4 Å². The van der Waals surface area contributed by atoms with Crippen LogP contribution in [0.25, 0.3) is 6.08 Å². The molecular weight excluding hydrogens is 449 g/mol. The molecular formula is C19H16INO5. The fourth-order valence-electron chi connectivity index (χ4n) is 2.47. The number of carbonyl (C=O) groups excluding carboxylic acids is 1. The van der Waals surface area contributed by atoms with Crippen molar-refractivity contribution in [3.8, 4) is 17.2 Å². The van der Waals surface area contributed by atoms with E-state index in [4.69, 9.17) is 18.9 Å². The second-order valence-electron chi connectivity index (χ2n) is 5.30. The molecule has 0 radical (unpaired) electrons. The Kier molecular flexibility index (Phi) is 5.46. The molecule has 1 heterocycles. The van der Waals surface area contributed by atoms with E-state index in [0.717, 1.165) is 9.13 Å². The summed E-state index contributed by atoms with van der Waals surface area (Å²) < 4.78 is 22.3. The SMILES string of the molecule is COc1cc(C=C2N=C(c3ccc(I)cc3)OC2=O)cc(OC)c1OC. The predicted molar refractivity (Wildman–Crippen MR) is 106 cm³/mol. The Bertz CT molecular complexity index is 878. The number of benzene rings is 2. The zero-order valence-corrected chi connectivity index (χ0v) is 16.6. The maximum atomic E-state index is 12.2. The van der Waals surface area contributed by atoms with Crippen molar-refractivity contribution in [1.82, 2.24) is 0 Å². The molecule has 26 heavy (non-hydrogen) atoms. The van der Waals surface area contributed by atoms with Gasteiger partial charge in [-0.15, -0.1) is 0 Å². The first-order valence-electron chi connectivity index (χ1n) is 7.64. The van der Waals surface area contributed by atoms with E-state index in [-0.39, 0.29) is 11.6 Å². The Morgan fingerprint density at radius 2 is 1.62 bits per heavy atom. The normalized spacial score (nSPS) is 14.8. The molecule has 2 aromatic carbocycles. The maximum Gasteiger partial charge on any atom is 0.363 e. The first kappa shape index (κ1) is 18.2. The highest BCUT2D eigenvalue weighted by Crippen LogP contribution is 2.39. The van der Waals surface area contributed by atoms with E-state index in [9.17, 15) is 4.79 Å². The minimum absolute atomic E-state index is 0.202. The van der Waals surface area contributed by atoms with Crippen LogP contribution >= 0.6 is 22.6 Å². The second kappa shape index (κ2) is 7.77. The van der Waals surface area contributed by atoms with E-state index in [1.54, 1.807) is 18.2 Å². The van der Waals surface area contributed by atoms with Crippen molar-refractivity contribution in [2.75, 3.05) is 21.3 Å². The third-order valence-corrected chi connectivity index (χ3v) is 4.42. The third-order valence-electron chi connectivity index (χ3n) is 3.70. The average molecular weight is 465 g/mol. The minimum atomic E-state index is -0.507. The lowest BCUT2D eigenvalue weighted by Gasteiger charge is -2.12. The number of ether oxygens (including phenoxy) is 4. The molecule has 7 heteroatoms. The lowest BCUT2D eigenvalue weighted by atomic mass is 10.1. The number of nitrogens with zero attached hydrogens (tertiary/aromatic N) is 1. The molecule has 134 valence electrons. The second-order valence-corrected chi connectivity index (χ2v) is 6.55. The van der Waals surface area contributed by atoms with Gasteiger partial charge in [0.15, 0.2) is 17.2 Å². The molecule has 0 unspecified atom stereocenters. The monoisotopic (exact) mass is 465 g/mol. The number of halogens is 1. The fourth-order valence-corrected chi connectivity index (χ4v) is 2.83. The van der Waals surface area contributed by atoms with E-state index in [1.165, 1.54) is 21.3 Å². The van der Waals surface area contributed by atoms with Crippen molar-refractivity contribution in [2.45, 2.75) is 0 Å². The standard InChI is InChI=1S/C19H16INO5/c1-23-15-9-11(10-16(24-2)17(15)25-3)8-14-19(22)26-18(21-14)12-4-6-13(20)7-5-12/h4-10H,1-3H3. The summed E-state index contributed by atoms with van der Waals surface area (Å²) in [6, 6.07) is 11.0. The molecule has 0 bridgehead atoms. The summed E-state index contributed by atoms with van der Waals surface area (Å²) in [6.45, 7) is 0. The molecule has 0 spiro atoms. The zero-order chi connectivity index (χ0) is 18.7. The quantitative estimate of drug-likeness (QED) is 0.383. The first-order chi connectivity index (χ1) is 12.5. The lowest BCUT2D eigenvalue weighted by Crippen LogP contribution is -2.05. The zero-order valence-electron chi connectivity index (χ0n) is 14.4. The van der Waals surface area contributed by atoms with Crippen molar-refractivity contribution < 1.29 is 23.7 Å². The smallest absolute Gasteiger partial charge is 0.363 e. The van der Waals surface area contributed by atoms with Gasteiger partial charge >= 0.3 is 5.97 Å². The first-order valence-corrected chi connectivity index (χ1v) is 8.72. The number of aliphatic imine (C=N–C) groups is 1. The molecule has 1 aliphatic heterocycles. The average Bonchev–Trinajstić information content (AvgIpc) is 3.01. The molecule has 1 aliphatic rings. The van der Waals surface area contributed by atoms with Crippen LogP contribution in [0, 0.1) is 3.57 Å². The van der Waals surface area contributed by atoms with Crippen LogP contribution < -0.4 is 14.2 Å². The number of cyclic esters (lactones) is 1. The number of rotatable bonds is 5. The number of carbonyl (C=O) groups is 1. The molecule has 3 rings (SSSR count). The Morgan fingerprint density at radius 1 is 1.00 bits per heavy atom. The summed E-state index contributed by atoms with van der Waals surface area (Å²) in [5.74, 6) is 1.24. The predicted octanol–water partition coefficient (Wildman–Crippen LogP) is 3.66. The van der Waals surface area contributed by atoms with Crippen LogP contribution in [-0.2, 0) is 9.53 Å². The van der Waals surface area contributed by atoms with Gasteiger partial charge < -0.3 is 18.9 Å². The molecule has 0 amide bonds. The fraction of sp³-hybridized carbons (Fsp3) is 0.158. The third kappa shape index (κ3) is 3.67. The van der Waals surface area contributed by atoms with Crippen molar-refractivity contribution in [3.63, 3.8) is 0 Å². The molecule has 0 fully saturated rings. The minimum Gasteiger partial charge on any atom is -0.493 e. The van der Waals surface area contributed by atoms with Crippen LogP contribution in [0.5, 0.6) is 17.2 Å². The van der Waals surface area contributed by atoms with Gasteiger partial charge in [-0.05, 0) is 70.6 Å². The van der Waals surface area contributed by atoms with Crippen LogP contribution in [0.15, 0.2) is 47.1 Å². The Labute approximate surface area is 164 Å². The van der Waals surface area contributed by atoms with Crippen molar-refractivity contribution in [2.24, 2.45) is 4.99 Å². The molecule has 0 N–H and O–H groups in total. The van der Waals surface area contributed by atoms with Crippen LogP contribution in [0.2, 0.25) is 0 Å². The summed E-state index contributed by atoms with van der Waals surface area (Å²) in [5, 5.41) is 0. The highest BCUT2D eigenvalue weighted by molar-refractivity contribution is 14.1. The van der Waals surface area contributed by atoms with Gasteiger partial charge in [0, 0.05) is 9.13 Å². The van der Waals surface area contributed by atoms with E-state index in [0.29, 0.717) is 22.8 Å². The van der Waals surface area contributed by atoms with Crippen LogP contribution in [0.4, 0.5) is 0 Å². The molecule has 0 aliphatic carbocycles. The molecule has 0 atom stereocenters. The molecule has 0 saturated carbocycles. The molecule has 6 nitrogen and oxygen atoms in total. The van der Waals surface area contributed by atoms with Gasteiger partial charge in [-0.25, -0.2) is 9.79 Å². The van der Waals surface area contributed by atoms with Gasteiger partial charge in [0.2, 0.25) is 11.6 Å². The van der Waals surface area contributed by atoms with Gasteiger partial charge in [-0.3, -0.25) is 0 Å². The highest BCUT2D eigenvalue weighted by atomic mass is 127. The number of methoxy groups -OCH3 is 3. The van der Waals surface area contributed by atoms with Crippen molar-refractivity contribution >= 4 is 40.5 Å². The van der Waals surface area contributed by atoms with Gasteiger partial charge in [0.25, 0.3) is 0 Å². The summed E-state index contributed by atoms with van der Waals surface area (Å²) in [4.78, 5) is 16.5. The summed E-state index contributed by atoms with van der Waals surface area (Å²) in [7, 11) is 4.60. The Balaban J connectivity index is 1.99. The number of hydrogen-bond donors (Lipinski definition) is 0. The van der Waals surface area contributed by atoms with Crippen molar-refractivity contribution in [1.29, 1.82) is 0 Å². The number of hydrogen-bond acceptors (Lipinski definition) is 6. The molecule has 0 aromatic heterocycles. The maximum absolute atomic E-state index is 12.2. The Hall–Kier alpha value is -2.55. The largest absolute Gasteiger partial charge is 0.493 e. The Morgan fingerprint density at radius 3 is 2.15 bits per heavy atom. The summed E-state index contributed by atoms with van der Waals surface area (Å²) in [6.07, 6.45) is 1.62. The van der Waals surface area contributed by atoms with E-state index < -0.39 is 5.97 Å². The highest BCUT2D eigenvalue weighted by Gasteiger charge is 2.24. The van der Waals surface area contributed by atoms with Gasteiger partial charge in [-0.1, -0.05) is 0 Å². The molecule has 2 aromatic rings. The van der Waals surface area contributed by atoms with Gasteiger partial charge in [0.05, 0.1) is 21.3 Å². The van der Waals surface area contributed by atoms with Gasteiger partial charge in [-0.2, -0.15) is 0 Å². The summed E-state index contributed by atoms with van der Waals surface area (Å²) in [5.41, 5.74) is 1.62.